The summed E-state index contributed by atoms with van der Waals surface area (Å²) < 4.78 is 41.8. The van der Waals surface area contributed by atoms with Gasteiger partial charge in [0.15, 0.2) is 17.5 Å². The molecule has 0 spiro atoms. The molecule has 0 bridgehead atoms. The third-order valence-corrected chi connectivity index (χ3v) is 3.36. The number of aromatic nitrogens is 2. The van der Waals surface area contributed by atoms with E-state index in [9.17, 15) is 13.2 Å². The molecule has 20 heavy (non-hydrogen) atoms. The molecule has 2 N–H and O–H groups in total. The molecule has 3 nitrogen and oxygen atoms in total. The second-order valence-corrected chi connectivity index (χ2v) is 5.08. The summed E-state index contributed by atoms with van der Waals surface area (Å²) in [5, 5.41) is 0. The van der Waals surface area contributed by atoms with Crippen LogP contribution in [0.15, 0.2) is 34.8 Å². The van der Waals surface area contributed by atoms with Crippen LogP contribution in [0.3, 0.4) is 0 Å². The van der Waals surface area contributed by atoms with Crippen LogP contribution in [0.5, 0.6) is 0 Å². The number of nitrogen functional groups attached to an aromatic ring is 1. The topological polar surface area (TPSA) is 43.8 Å². The van der Waals surface area contributed by atoms with Gasteiger partial charge in [0.2, 0.25) is 5.95 Å². The SMILES string of the molecule is Nc1nc2ccc(Br)cc2n1-c1cc(F)c(F)c(F)c1. The van der Waals surface area contributed by atoms with Crippen molar-refractivity contribution in [1.29, 1.82) is 0 Å². The summed E-state index contributed by atoms with van der Waals surface area (Å²) in [5.74, 6) is -4.02. The molecule has 0 unspecified atom stereocenters. The van der Waals surface area contributed by atoms with E-state index < -0.39 is 17.5 Å². The Kier molecular flexibility index (Phi) is 2.93. The number of fused-ring (bicyclic) bond motifs is 1. The molecule has 7 heteroatoms. The van der Waals surface area contributed by atoms with Crippen molar-refractivity contribution in [3.05, 3.63) is 52.3 Å². The Morgan fingerprint density at radius 3 is 2.35 bits per heavy atom. The number of halogens is 4. The van der Waals surface area contributed by atoms with Crippen LogP contribution in [0, 0.1) is 17.5 Å². The average Bonchev–Trinajstić information content (AvgIpc) is 2.70. The molecule has 0 saturated heterocycles. The van der Waals surface area contributed by atoms with Crippen molar-refractivity contribution >= 4 is 32.9 Å². The van der Waals surface area contributed by atoms with Crippen molar-refractivity contribution in [3.63, 3.8) is 0 Å². The first kappa shape index (κ1) is 13.0. The summed E-state index contributed by atoms with van der Waals surface area (Å²) in [6.45, 7) is 0. The van der Waals surface area contributed by atoms with Crippen LogP contribution in [0.2, 0.25) is 0 Å². The molecule has 0 aliphatic heterocycles. The van der Waals surface area contributed by atoms with Gasteiger partial charge in [0.1, 0.15) is 0 Å². The molecule has 0 atom stereocenters. The molecule has 0 aliphatic rings. The fraction of sp³-hybridized carbons (Fsp3) is 0. The number of nitrogens with zero attached hydrogens (tertiary/aromatic N) is 2. The van der Waals surface area contributed by atoms with Gasteiger partial charge in [-0.05, 0) is 18.2 Å². The maximum atomic E-state index is 13.3. The molecular formula is C13H7BrF3N3. The molecule has 0 radical (unpaired) electrons. The van der Waals surface area contributed by atoms with Gasteiger partial charge in [0.05, 0.1) is 16.7 Å². The minimum absolute atomic E-state index is 0.0588. The van der Waals surface area contributed by atoms with E-state index in [-0.39, 0.29) is 11.6 Å². The smallest absolute Gasteiger partial charge is 0.205 e. The second-order valence-electron chi connectivity index (χ2n) is 4.16. The van der Waals surface area contributed by atoms with E-state index in [2.05, 4.69) is 20.9 Å². The van der Waals surface area contributed by atoms with Gasteiger partial charge in [0, 0.05) is 16.6 Å². The standard InChI is InChI=1S/C13H7BrF3N3/c14-6-1-2-10-11(3-6)20(13(18)19-10)7-4-8(15)12(17)9(16)5-7/h1-5H,(H2,18,19). The summed E-state index contributed by atoms with van der Waals surface area (Å²) in [6.07, 6.45) is 0. The third kappa shape index (κ3) is 1.94. The van der Waals surface area contributed by atoms with E-state index in [4.69, 9.17) is 5.73 Å². The third-order valence-electron chi connectivity index (χ3n) is 2.87. The summed E-state index contributed by atoms with van der Waals surface area (Å²) in [7, 11) is 0. The highest BCUT2D eigenvalue weighted by Crippen LogP contribution is 2.27. The second kappa shape index (κ2) is 4.52. The fourth-order valence-electron chi connectivity index (χ4n) is 2.01. The van der Waals surface area contributed by atoms with Gasteiger partial charge in [-0.3, -0.25) is 4.57 Å². The Morgan fingerprint density at radius 2 is 1.70 bits per heavy atom. The Hall–Kier alpha value is -2.02. The largest absolute Gasteiger partial charge is 0.369 e. The highest BCUT2D eigenvalue weighted by Gasteiger charge is 2.15. The Morgan fingerprint density at radius 1 is 1.05 bits per heavy atom. The van der Waals surface area contributed by atoms with Crippen LogP contribution in [0.1, 0.15) is 0 Å². The molecule has 2 aromatic carbocycles. The monoisotopic (exact) mass is 341 g/mol. The fourth-order valence-corrected chi connectivity index (χ4v) is 2.36. The van der Waals surface area contributed by atoms with Gasteiger partial charge < -0.3 is 5.73 Å². The van der Waals surface area contributed by atoms with Crippen molar-refractivity contribution in [1.82, 2.24) is 9.55 Å². The lowest BCUT2D eigenvalue weighted by molar-refractivity contribution is 0.446. The lowest BCUT2D eigenvalue weighted by atomic mass is 10.2. The lowest BCUT2D eigenvalue weighted by Gasteiger charge is -2.08. The van der Waals surface area contributed by atoms with Crippen LogP contribution in [-0.4, -0.2) is 9.55 Å². The summed E-state index contributed by atoms with van der Waals surface area (Å²) in [5.41, 5.74) is 6.96. The number of rotatable bonds is 1. The van der Waals surface area contributed by atoms with Crippen molar-refractivity contribution in [2.75, 3.05) is 5.73 Å². The zero-order valence-electron chi connectivity index (χ0n) is 9.87. The van der Waals surface area contributed by atoms with Crippen LogP contribution in [0.4, 0.5) is 19.1 Å². The molecule has 1 heterocycles. The highest BCUT2D eigenvalue weighted by molar-refractivity contribution is 9.10. The number of hydrogen-bond acceptors (Lipinski definition) is 2. The molecule has 3 rings (SSSR count). The maximum Gasteiger partial charge on any atom is 0.205 e. The predicted octanol–water partition coefficient (Wildman–Crippen LogP) is 3.79. The summed E-state index contributed by atoms with van der Waals surface area (Å²) in [6, 6.07) is 6.93. The zero-order valence-corrected chi connectivity index (χ0v) is 11.5. The van der Waals surface area contributed by atoms with Crippen LogP contribution < -0.4 is 5.73 Å². The number of hydrogen-bond donors (Lipinski definition) is 1. The van der Waals surface area contributed by atoms with Crippen LogP contribution >= 0.6 is 15.9 Å². The van der Waals surface area contributed by atoms with E-state index in [1.807, 2.05) is 0 Å². The Balaban J connectivity index is 2.34. The predicted molar refractivity (Wildman–Crippen MR) is 73.1 cm³/mol. The van der Waals surface area contributed by atoms with E-state index >= 15 is 0 Å². The van der Waals surface area contributed by atoms with Crippen molar-refractivity contribution < 1.29 is 13.2 Å². The summed E-state index contributed by atoms with van der Waals surface area (Å²) in [4.78, 5) is 4.09. The van der Waals surface area contributed by atoms with Gasteiger partial charge in [-0.15, -0.1) is 0 Å². The normalized spacial score (nSPS) is 11.2. The number of anilines is 1. The van der Waals surface area contributed by atoms with Gasteiger partial charge in [-0.25, -0.2) is 18.2 Å². The first-order valence-electron chi connectivity index (χ1n) is 5.56. The van der Waals surface area contributed by atoms with E-state index in [0.717, 1.165) is 16.6 Å². The molecule has 0 amide bonds. The van der Waals surface area contributed by atoms with Crippen molar-refractivity contribution in [2.45, 2.75) is 0 Å². The molecule has 0 fully saturated rings. The van der Waals surface area contributed by atoms with E-state index in [1.54, 1.807) is 18.2 Å². The first-order chi connectivity index (χ1) is 9.47. The van der Waals surface area contributed by atoms with Crippen molar-refractivity contribution in [3.8, 4) is 5.69 Å². The molecule has 102 valence electrons. The molecule has 1 aromatic heterocycles. The first-order valence-corrected chi connectivity index (χ1v) is 6.35. The maximum absolute atomic E-state index is 13.3. The number of benzene rings is 2. The van der Waals surface area contributed by atoms with Gasteiger partial charge in [-0.2, -0.15) is 0 Å². The van der Waals surface area contributed by atoms with Crippen LogP contribution in [-0.2, 0) is 0 Å². The quantitative estimate of drug-likeness (QED) is 0.684. The lowest BCUT2D eigenvalue weighted by Crippen LogP contribution is -2.03. The average molecular weight is 342 g/mol. The summed E-state index contributed by atoms with van der Waals surface area (Å²) >= 11 is 3.30. The van der Waals surface area contributed by atoms with E-state index in [1.165, 1.54) is 4.57 Å². The molecule has 3 aromatic rings. The Bertz CT molecular complexity index is 806. The van der Waals surface area contributed by atoms with Gasteiger partial charge >= 0.3 is 0 Å². The molecular weight excluding hydrogens is 335 g/mol. The highest BCUT2D eigenvalue weighted by atomic mass is 79.9. The van der Waals surface area contributed by atoms with Crippen LogP contribution in [0.25, 0.3) is 16.7 Å². The number of imidazole rings is 1. The van der Waals surface area contributed by atoms with E-state index in [0.29, 0.717) is 11.0 Å². The van der Waals surface area contributed by atoms with Gasteiger partial charge in [-0.1, -0.05) is 15.9 Å². The number of nitrogens with two attached hydrogens (primary N) is 1. The molecule has 0 aliphatic carbocycles. The minimum Gasteiger partial charge on any atom is -0.369 e. The van der Waals surface area contributed by atoms with Gasteiger partial charge in [0.25, 0.3) is 0 Å². The zero-order chi connectivity index (χ0) is 14.4. The van der Waals surface area contributed by atoms with Crippen molar-refractivity contribution in [2.24, 2.45) is 0 Å². The Labute approximate surface area is 120 Å². The molecule has 0 saturated carbocycles. The minimum atomic E-state index is -1.52.